The molecule has 0 bridgehead atoms. The van der Waals surface area contributed by atoms with Crippen LogP contribution in [0.15, 0.2) is 9.98 Å². The number of halogens is 9. The van der Waals surface area contributed by atoms with Gasteiger partial charge in [0.05, 0.1) is 17.7 Å². The zero-order valence-electron chi connectivity index (χ0n) is 13.2. The monoisotopic (exact) mass is 398 g/mol. The fraction of sp³-hybridized carbons (Fsp3) is 0.125. The summed E-state index contributed by atoms with van der Waals surface area (Å²) in [6.07, 6.45) is 0. The van der Waals surface area contributed by atoms with E-state index in [4.69, 9.17) is 0 Å². The summed E-state index contributed by atoms with van der Waals surface area (Å²) in [7, 11) is 0. The maximum Gasteiger partial charge on any atom is 0.200 e. The van der Waals surface area contributed by atoms with E-state index in [1.807, 2.05) is 0 Å². The maximum absolute atomic E-state index is 13.9. The topological polar surface area (TPSA) is 24.7 Å². The van der Waals surface area contributed by atoms with E-state index < -0.39 is 81.4 Å². The highest BCUT2D eigenvalue weighted by Gasteiger charge is 2.27. The van der Waals surface area contributed by atoms with Crippen molar-refractivity contribution in [2.24, 2.45) is 9.98 Å². The van der Waals surface area contributed by atoms with E-state index >= 15 is 0 Å². The van der Waals surface area contributed by atoms with E-state index in [0.717, 1.165) is 6.92 Å². The van der Waals surface area contributed by atoms with Gasteiger partial charge in [-0.15, -0.1) is 0 Å². The Balaban J connectivity index is 2.63. The summed E-state index contributed by atoms with van der Waals surface area (Å²) < 4.78 is 121. The zero-order chi connectivity index (χ0) is 20.6. The zero-order valence-corrected chi connectivity index (χ0v) is 13.2. The molecule has 0 aliphatic rings. The molecule has 0 unspecified atom stereocenters. The summed E-state index contributed by atoms with van der Waals surface area (Å²) in [6, 6.07) is 0. The first kappa shape index (κ1) is 20.5. The predicted octanol–water partition coefficient (Wildman–Crippen LogP) is 4.89. The van der Waals surface area contributed by atoms with Crippen LogP contribution < -0.4 is 0 Å². The Bertz CT molecular complexity index is 925. The van der Waals surface area contributed by atoms with Crippen LogP contribution in [0, 0.1) is 59.3 Å². The van der Waals surface area contributed by atoms with Crippen LogP contribution in [0.25, 0.3) is 0 Å². The number of benzene rings is 2. The first-order valence-corrected chi connectivity index (χ1v) is 6.88. The molecule has 0 radical (unpaired) electrons. The molecule has 0 amide bonds. The van der Waals surface area contributed by atoms with Crippen molar-refractivity contribution >= 4 is 12.6 Å². The Morgan fingerprint density at radius 2 is 1.07 bits per heavy atom. The molecule has 0 aliphatic carbocycles. The summed E-state index contributed by atoms with van der Waals surface area (Å²) in [6.45, 7) is 2.49. The second-order valence-corrected chi connectivity index (χ2v) is 5.10. The molecular weight excluding hydrogens is 391 g/mol. The van der Waals surface area contributed by atoms with Crippen LogP contribution in [0.3, 0.4) is 0 Å². The highest BCUT2D eigenvalue weighted by Crippen LogP contribution is 2.26. The lowest BCUT2D eigenvalue weighted by molar-refractivity contribution is 0.370. The fourth-order valence-electron chi connectivity index (χ4n) is 2.16. The van der Waals surface area contributed by atoms with Crippen molar-refractivity contribution in [3.8, 4) is 0 Å². The van der Waals surface area contributed by atoms with E-state index in [2.05, 4.69) is 16.7 Å². The minimum atomic E-state index is -2.40. The third-order valence-corrected chi connectivity index (χ3v) is 3.56. The Hall–Kier alpha value is -2.85. The normalized spacial score (nSPS) is 11.9. The molecular formula is C16H7F9N2. The average molecular weight is 398 g/mol. The second kappa shape index (κ2) is 7.41. The van der Waals surface area contributed by atoms with Crippen molar-refractivity contribution in [3.63, 3.8) is 0 Å². The van der Waals surface area contributed by atoms with Crippen LogP contribution in [0.2, 0.25) is 0 Å². The van der Waals surface area contributed by atoms with Gasteiger partial charge in [-0.3, -0.25) is 4.99 Å². The highest BCUT2D eigenvalue weighted by molar-refractivity contribution is 6.02. The standard InChI is InChI=1S/C16H7F9N2/c1-4-6(10(20)14(24)11(21)7(4)17)16(26-2)27-3-5-8(18)12(22)15(25)13(23)9(5)19/h2-3H2,1H3. The molecule has 0 aliphatic heterocycles. The van der Waals surface area contributed by atoms with Gasteiger partial charge in [0.2, 0.25) is 5.82 Å². The number of amidine groups is 1. The Labute approximate surface area is 145 Å². The number of hydrogen-bond donors (Lipinski definition) is 0. The van der Waals surface area contributed by atoms with Gasteiger partial charge < -0.3 is 0 Å². The fourth-order valence-corrected chi connectivity index (χ4v) is 2.16. The average Bonchev–Trinajstić information content (AvgIpc) is 2.66. The first-order valence-electron chi connectivity index (χ1n) is 6.88. The summed E-state index contributed by atoms with van der Waals surface area (Å²) in [5, 5.41) is 0. The number of nitrogens with zero attached hydrogens (tertiary/aromatic N) is 2. The molecule has 2 aromatic rings. The van der Waals surface area contributed by atoms with Crippen molar-refractivity contribution in [1.29, 1.82) is 0 Å². The molecule has 2 aromatic carbocycles. The van der Waals surface area contributed by atoms with Crippen LogP contribution >= 0.6 is 0 Å². The second-order valence-electron chi connectivity index (χ2n) is 5.10. The van der Waals surface area contributed by atoms with Gasteiger partial charge in [0, 0.05) is 5.56 Å². The van der Waals surface area contributed by atoms with Crippen LogP contribution in [0.4, 0.5) is 39.5 Å². The smallest absolute Gasteiger partial charge is 0.200 e. The number of aliphatic imine (C=N–C) groups is 2. The molecule has 0 atom stereocenters. The molecule has 0 spiro atoms. The molecule has 144 valence electrons. The van der Waals surface area contributed by atoms with Crippen LogP contribution in [0.1, 0.15) is 16.7 Å². The van der Waals surface area contributed by atoms with Crippen molar-refractivity contribution in [2.75, 3.05) is 0 Å². The van der Waals surface area contributed by atoms with E-state index in [9.17, 15) is 39.5 Å². The van der Waals surface area contributed by atoms with E-state index in [0.29, 0.717) is 0 Å². The van der Waals surface area contributed by atoms with E-state index in [-0.39, 0.29) is 0 Å². The highest BCUT2D eigenvalue weighted by atomic mass is 19.2. The molecule has 0 N–H and O–H groups in total. The van der Waals surface area contributed by atoms with Crippen molar-refractivity contribution in [2.45, 2.75) is 13.5 Å². The lowest BCUT2D eigenvalue weighted by Gasteiger charge is -2.11. The lowest BCUT2D eigenvalue weighted by Crippen LogP contribution is -2.12. The Kier molecular flexibility index (Phi) is 5.62. The summed E-state index contributed by atoms with van der Waals surface area (Å²) in [5.41, 5.74) is -3.21. The third kappa shape index (κ3) is 3.28. The van der Waals surface area contributed by atoms with Gasteiger partial charge in [0.15, 0.2) is 52.4 Å². The molecule has 0 heterocycles. The van der Waals surface area contributed by atoms with E-state index in [1.165, 1.54) is 0 Å². The van der Waals surface area contributed by atoms with Crippen molar-refractivity contribution < 1.29 is 39.5 Å². The lowest BCUT2D eigenvalue weighted by atomic mass is 10.1. The first-order chi connectivity index (χ1) is 12.5. The summed E-state index contributed by atoms with van der Waals surface area (Å²) in [4.78, 5) is 6.43. The molecule has 11 heteroatoms. The van der Waals surface area contributed by atoms with Crippen molar-refractivity contribution in [3.05, 3.63) is 69.0 Å². The molecule has 0 saturated heterocycles. The molecule has 2 nitrogen and oxygen atoms in total. The van der Waals surface area contributed by atoms with Gasteiger partial charge >= 0.3 is 0 Å². The SMILES string of the molecule is C=NC(=NCc1c(F)c(F)c(F)c(F)c1F)c1c(C)c(F)c(F)c(F)c1F. The van der Waals surface area contributed by atoms with Gasteiger partial charge in [-0.1, -0.05) is 0 Å². The third-order valence-electron chi connectivity index (χ3n) is 3.56. The number of hydrogen-bond acceptors (Lipinski definition) is 1. The number of rotatable bonds is 3. The van der Waals surface area contributed by atoms with Gasteiger partial charge in [-0.25, -0.2) is 44.5 Å². The largest absolute Gasteiger partial charge is 0.261 e. The van der Waals surface area contributed by atoms with Gasteiger partial charge in [-0.2, -0.15) is 0 Å². The molecule has 27 heavy (non-hydrogen) atoms. The summed E-state index contributed by atoms with van der Waals surface area (Å²) >= 11 is 0. The maximum atomic E-state index is 13.9. The van der Waals surface area contributed by atoms with Gasteiger partial charge in [-0.05, 0) is 13.6 Å². The van der Waals surface area contributed by atoms with Crippen molar-refractivity contribution in [1.82, 2.24) is 0 Å². The van der Waals surface area contributed by atoms with Gasteiger partial charge in [0.1, 0.15) is 0 Å². The Morgan fingerprint density at radius 1 is 0.667 bits per heavy atom. The predicted molar refractivity (Wildman–Crippen MR) is 77.0 cm³/mol. The van der Waals surface area contributed by atoms with Crippen LogP contribution in [-0.4, -0.2) is 12.6 Å². The molecule has 0 aromatic heterocycles. The van der Waals surface area contributed by atoms with Crippen LogP contribution in [-0.2, 0) is 6.54 Å². The molecule has 0 fully saturated rings. The molecule has 0 saturated carbocycles. The minimum Gasteiger partial charge on any atom is -0.261 e. The van der Waals surface area contributed by atoms with Crippen LogP contribution in [0.5, 0.6) is 0 Å². The van der Waals surface area contributed by atoms with Gasteiger partial charge in [0.25, 0.3) is 0 Å². The quantitative estimate of drug-likeness (QED) is 0.231. The molecule has 2 rings (SSSR count). The minimum absolute atomic E-state index is 0.796. The van der Waals surface area contributed by atoms with E-state index in [1.54, 1.807) is 0 Å². The Morgan fingerprint density at radius 3 is 1.56 bits per heavy atom. The summed E-state index contributed by atoms with van der Waals surface area (Å²) in [5.74, 6) is -20.2.